The van der Waals surface area contributed by atoms with Crippen LogP contribution in [0.5, 0.6) is 0 Å². The van der Waals surface area contributed by atoms with Gasteiger partial charge in [-0.05, 0) is 32.6 Å². The SMILES string of the molecule is CCOC(=O)/C(=N\O[C@H]1CC[C@H](Cl)CC1)C(=O)CBr. The Kier molecular flexibility index (Phi) is 7.38. The number of ether oxygens (including phenoxy) is 1. The van der Waals surface area contributed by atoms with Gasteiger partial charge in [0.15, 0.2) is 0 Å². The lowest BCUT2D eigenvalue weighted by molar-refractivity contribution is -0.136. The molecule has 0 aromatic carbocycles. The number of Topliss-reactive ketones (excluding diaryl/α,β-unsaturated/α-hetero) is 1. The van der Waals surface area contributed by atoms with Crippen LogP contribution in [0.15, 0.2) is 5.16 Å². The van der Waals surface area contributed by atoms with Gasteiger partial charge in [0, 0.05) is 5.38 Å². The highest BCUT2D eigenvalue weighted by Gasteiger charge is 2.24. The van der Waals surface area contributed by atoms with Crippen LogP contribution in [0.25, 0.3) is 0 Å². The summed E-state index contributed by atoms with van der Waals surface area (Å²) in [4.78, 5) is 28.4. The number of rotatable bonds is 6. The van der Waals surface area contributed by atoms with Crippen LogP contribution in [0.2, 0.25) is 0 Å². The molecular weight excluding hydrogens is 337 g/mol. The van der Waals surface area contributed by atoms with Crippen LogP contribution in [0.3, 0.4) is 0 Å². The molecule has 0 aliphatic heterocycles. The molecule has 0 atom stereocenters. The summed E-state index contributed by atoms with van der Waals surface area (Å²) in [6.07, 6.45) is 3.15. The number of hydrogen-bond acceptors (Lipinski definition) is 5. The van der Waals surface area contributed by atoms with Crippen molar-refractivity contribution in [1.29, 1.82) is 0 Å². The maximum Gasteiger partial charge on any atom is 0.364 e. The minimum absolute atomic E-state index is 0.00241. The van der Waals surface area contributed by atoms with E-state index in [2.05, 4.69) is 21.1 Å². The van der Waals surface area contributed by atoms with Gasteiger partial charge < -0.3 is 9.57 Å². The first-order valence-corrected chi connectivity index (χ1v) is 7.78. The summed E-state index contributed by atoms with van der Waals surface area (Å²) in [6, 6.07) is 0. The molecule has 0 saturated heterocycles. The van der Waals surface area contributed by atoms with Crippen molar-refractivity contribution in [3.63, 3.8) is 0 Å². The Balaban J connectivity index is 2.61. The first kappa shape index (κ1) is 16.4. The summed E-state index contributed by atoms with van der Waals surface area (Å²) in [5.74, 6) is -1.21. The van der Waals surface area contributed by atoms with E-state index in [0.29, 0.717) is 0 Å². The summed E-state index contributed by atoms with van der Waals surface area (Å²) >= 11 is 8.98. The second kappa shape index (κ2) is 8.53. The summed E-state index contributed by atoms with van der Waals surface area (Å²) in [7, 11) is 0. The lowest BCUT2D eigenvalue weighted by Crippen LogP contribution is -2.29. The third kappa shape index (κ3) is 5.48. The predicted octanol–water partition coefficient (Wildman–Crippen LogP) is 2.44. The number of ketones is 1. The van der Waals surface area contributed by atoms with Gasteiger partial charge in [0.05, 0.1) is 11.9 Å². The molecule has 1 aliphatic rings. The number of nitrogens with zero attached hydrogens (tertiary/aromatic N) is 1. The van der Waals surface area contributed by atoms with Gasteiger partial charge in [-0.1, -0.05) is 21.1 Å². The van der Waals surface area contributed by atoms with Crippen LogP contribution in [-0.4, -0.2) is 40.9 Å². The van der Waals surface area contributed by atoms with Gasteiger partial charge in [0.2, 0.25) is 11.5 Å². The van der Waals surface area contributed by atoms with Gasteiger partial charge in [0.1, 0.15) is 6.10 Å². The summed E-state index contributed by atoms with van der Waals surface area (Å²) in [5.41, 5.74) is -0.299. The zero-order valence-electron chi connectivity index (χ0n) is 10.7. The normalized spacial score (nSPS) is 23.8. The molecule has 1 aliphatic carbocycles. The summed E-state index contributed by atoms with van der Waals surface area (Å²) < 4.78 is 4.77. The Morgan fingerprint density at radius 1 is 1.32 bits per heavy atom. The molecule has 19 heavy (non-hydrogen) atoms. The van der Waals surface area contributed by atoms with Crippen LogP contribution in [-0.2, 0) is 19.2 Å². The summed E-state index contributed by atoms with van der Waals surface area (Å²) in [6.45, 7) is 1.85. The maximum absolute atomic E-state index is 11.6. The number of halogens is 2. The van der Waals surface area contributed by atoms with E-state index in [1.54, 1.807) is 6.92 Å². The Morgan fingerprint density at radius 3 is 2.47 bits per heavy atom. The van der Waals surface area contributed by atoms with Crippen molar-refractivity contribution in [2.45, 2.75) is 44.1 Å². The average molecular weight is 355 g/mol. The average Bonchev–Trinajstić information content (AvgIpc) is 2.41. The van der Waals surface area contributed by atoms with E-state index in [1.165, 1.54) is 0 Å². The van der Waals surface area contributed by atoms with Crippen molar-refractivity contribution in [2.75, 3.05) is 11.9 Å². The molecule has 1 saturated carbocycles. The molecule has 0 spiro atoms. The third-order valence-electron chi connectivity index (χ3n) is 2.75. The number of oxime groups is 1. The Morgan fingerprint density at radius 2 is 1.95 bits per heavy atom. The molecule has 0 amide bonds. The molecule has 0 bridgehead atoms. The van der Waals surface area contributed by atoms with Crippen molar-refractivity contribution < 1.29 is 19.2 Å². The van der Waals surface area contributed by atoms with Crippen LogP contribution < -0.4 is 0 Å². The van der Waals surface area contributed by atoms with Gasteiger partial charge in [-0.2, -0.15) is 0 Å². The minimum Gasteiger partial charge on any atom is -0.461 e. The third-order valence-corrected chi connectivity index (χ3v) is 3.70. The van der Waals surface area contributed by atoms with Crippen molar-refractivity contribution in [1.82, 2.24) is 0 Å². The predicted molar refractivity (Wildman–Crippen MR) is 75.9 cm³/mol. The van der Waals surface area contributed by atoms with Gasteiger partial charge >= 0.3 is 5.97 Å². The Labute approximate surface area is 125 Å². The lowest BCUT2D eigenvalue weighted by Gasteiger charge is -2.23. The molecule has 1 fully saturated rings. The molecule has 0 N–H and O–H groups in total. The quantitative estimate of drug-likeness (QED) is 0.242. The first-order chi connectivity index (χ1) is 9.08. The number of esters is 1. The smallest absolute Gasteiger partial charge is 0.364 e. The number of alkyl halides is 2. The van der Waals surface area contributed by atoms with Gasteiger partial charge in [-0.15, -0.1) is 11.6 Å². The minimum atomic E-state index is -0.752. The summed E-state index contributed by atoms with van der Waals surface area (Å²) in [5, 5.41) is 3.86. The molecule has 0 aromatic heterocycles. The monoisotopic (exact) mass is 353 g/mol. The molecule has 5 nitrogen and oxygen atoms in total. The van der Waals surface area contributed by atoms with Crippen LogP contribution in [0.1, 0.15) is 32.6 Å². The van der Waals surface area contributed by atoms with Crippen LogP contribution in [0.4, 0.5) is 0 Å². The van der Waals surface area contributed by atoms with E-state index in [-0.39, 0.29) is 29.1 Å². The Hall–Kier alpha value is -0.620. The number of carbonyl (C=O) groups excluding carboxylic acids is 2. The van der Waals surface area contributed by atoms with E-state index < -0.39 is 11.8 Å². The standard InChI is InChI=1S/C12H17BrClNO4/c1-2-18-12(17)11(10(16)7-13)15-19-9-5-3-8(14)4-6-9/h8-9H,2-7H2,1H3/b15-11-/t8-,9-. The molecule has 0 aromatic rings. The van der Waals surface area contributed by atoms with Crippen molar-refractivity contribution >= 4 is 45.0 Å². The topological polar surface area (TPSA) is 65.0 Å². The van der Waals surface area contributed by atoms with Crippen LogP contribution >= 0.6 is 27.5 Å². The highest BCUT2D eigenvalue weighted by molar-refractivity contribution is 9.09. The molecule has 7 heteroatoms. The molecule has 0 radical (unpaired) electrons. The molecule has 108 valence electrons. The molecule has 1 rings (SSSR count). The van der Waals surface area contributed by atoms with Gasteiger partial charge in [-0.25, -0.2) is 4.79 Å². The highest BCUT2D eigenvalue weighted by Crippen LogP contribution is 2.25. The molecular formula is C12H17BrClNO4. The zero-order valence-corrected chi connectivity index (χ0v) is 13.1. The molecule has 0 heterocycles. The maximum atomic E-state index is 11.6. The van der Waals surface area contributed by atoms with E-state index in [1.807, 2.05) is 0 Å². The second-order valence-electron chi connectivity index (χ2n) is 4.20. The van der Waals surface area contributed by atoms with Gasteiger partial charge in [-0.3, -0.25) is 4.79 Å². The van der Waals surface area contributed by atoms with Crippen molar-refractivity contribution in [3.8, 4) is 0 Å². The van der Waals surface area contributed by atoms with Gasteiger partial charge in [0.25, 0.3) is 0 Å². The van der Waals surface area contributed by atoms with E-state index in [4.69, 9.17) is 21.2 Å². The van der Waals surface area contributed by atoms with Crippen LogP contribution in [0, 0.1) is 0 Å². The van der Waals surface area contributed by atoms with E-state index in [0.717, 1.165) is 25.7 Å². The largest absolute Gasteiger partial charge is 0.461 e. The number of hydrogen-bond donors (Lipinski definition) is 0. The molecule has 0 unspecified atom stereocenters. The second-order valence-corrected chi connectivity index (χ2v) is 5.37. The van der Waals surface area contributed by atoms with E-state index in [9.17, 15) is 9.59 Å². The highest BCUT2D eigenvalue weighted by atomic mass is 79.9. The lowest BCUT2D eigenvalue weighted by atomic mass is 9.97. The first-order valence-electron chi connectivity index (χ1n) is 6.22. The van der Waals surface area contributed by atoms with Crippen molar-refractivity contribution in [3.05, 3.63) is 0 Å². The number of carbonyl (C=O) groups is 2. The Bertz CT molecular complexity index is 354. The fourth-order valence-electron chi connectivity index (χ4n) is 1.72. The van der Waals surface area contributed by atoms with Crippen molar-refractivity contribution in [2.24, 2.45) is 5.16 Å². The fourth-order valence-corrected chi connectivity index (χ4v) is 2.24. The van der Waals surface area contributed by atoms with E-state index >= 15 is 0 Å². The zero-order chi connectivity index (χ0) is 14.3. The fraction of sp³-hybridized carbons (Fsp3) is 0.750.